The number of amides is 1. The van der Waals surface area contributed by atoms with Crippen molar-refractivity contribution in [1.82, 2.24) is 5.32 Å². The van der Waals surface area contributed by atoms with Gasteiger partial charge >= 0.3 is 6.18 Å². The fourth-order valence-electron chi connectivity index (χ4n) is 4.22. The maximum absolute atomic E-state index is 14.5. The van der Waals surface area contributed by atoms with Crippen LogP contribution in [0.3, 0.4) is 0 Å². The topological polar surface area (TPSA) is 92.5 Å². The zero-order valence-corrected chi connectivity index (χ0v) is 20.4. The van der Waals surface area contributed by atoms with Crippen molar-refractivity contribution in [2.24, 2.45) is 0 Å². The number of halogens is 4. The van der Waals surface area contributed by atoms with Crippen LogP contribution in [0.1, 0.15) is 55.2 Å². The van der Waals surface area contributed by atoms with Crippen LogP contribution in [0.5, 0.6) is 0 Å². The third kappa shape index (κ3) is 6.25. The Morgan fingerprint density at radius 1 is 1.11 bits per heavy atom. The first kappa shape index (κ1) is 26.8. The fraction of sp³-hybridized carbons (Fsp3) is 0.458. The van der Waals surface area contributed by atoms with E-state index in [1.807, 2.05) is 4.90 Å². The fourth-order valence-corrected chi connectivity index (χ4v) is 4.97. The first-order valence-corrected chi connectivity index (χ1v) is 13.2. The molecule has 0 aliphatic carbocycles. The molecule has 1 aliphatic heterocycles. The minimum absolute atomic E-state index is 0.0308. The second kappa shape index (κ2) is 10.4. The SMILES string of the molecule is CC(C(=O)NCc1ccc(C(F)(F)F)cc1N1CCCCCC1)c1ccc(S(C)(=O)=O)c(F)c1N. The number of nitrogens with two attached hydrogens (primary N) is 1. The highest BCUT2D eigenvalue weighted by Crippen LogP contribution is 2.35. The lowest BCUT2D eigenvalue weighted by Gasteiger charge is -2.27. The third-order valence-electron chi connectivity index (χ3n) is 6.25. The molecule has 2 aromatic carbocycles. The molecule has 35 heavy (non-hydrogen) atoms. The first-order valence-electron chi connectivity index (χ1n) is 11.3. The molecular weight excluding hydrogens is 486 g/mol. The van der Waals surface area contributed by atoms with E-state index in [2.05, 4.69) is 5.32 Å². The molecule has 2 aromatic rings. The van der Waals surface area contributed by atoms with Gasteiger partial charge in [0.25, 0.3) is 0 Å². The van der Waals surface area contributed by atoms with Crippen molar-refractivity contribution in [3.63, 3.8) is 0 Å². The van der Waals surface area contributed by atoms with Gasteiger partial charge in [-0.05, 0) is 49.1 Å². The number of nitrogens with zero attached hydrogens (tertiary/aromatic N) is 1. The number of rotatable bonds is 6. The zero-order chi connectivity index (χ0) is 26.0. The van der Waals surface area contributed by atoms with Gasteiger partial charge in [0.1, 0.15) is 4.90 Å². The number of benzene rings is 2. The lowest BCUT2D eigenvalue weighted by molar-refractivity contribution is -0.137. The van der Waals surface area contributed by atoms with Gasteiger partial charge in [0, 0.05) is 31.6 Å². The summed E-state index contributed by atoms with van der Waals surface area (Å²) in [6.07, 6.45) is 0.119. The van der Waals surface area contributed by atoms with Gasteiger partial charge in [-0.15, -0.1) is 0 Å². The first-order chi connectivity index (χ1) is 16.3. The Bertz CT molecular complexity index is 1190. The van der Waals surface area contributed by atoms with Gasteiger partial charge in [-0.2, -0.15) is 13.2 Å². The summed E-state index contributed by atoms with van der Waals surface area (Å²) in [4.78, 5) is 14.2. The smallest absolute Gasteiger partial charge is 0.396 e. The van der Waals surface area contributed by atoms with Crippen LogP contribution < -0.4 is 16.0 Å². The maximum atomic E-state index is 14.5. The van der Waals surface area contributed by atoms with E-state index in [-0.39, 0.29) is 12.1 Å². The van der Waals surface area contributed by atoms with Crippen molar-refractivity contribution < 1.29 is 30.8 Å². The second-order valence-electron chi connectivity index (χ2n) is 8.83. The Labute approximate surface area is 202 Å². The summed E-state index contributed by atoms with van der Waals surface area (Å²) in [6.45, 7) is 2.71. The number of carbonyl (C=O) groups excluding carboxylic acids is 1. The lowest BCUT2D eigenvalue weighted by atomic mass is 9.98. The third-order valence-corrected chi connectivity index (χ3v) is 7.36. The summed E-state index contributed by atoms with van der Waals surface area (Å²) in [5.74, 6) is -2.56. The van der Waals surface area contributed by atoms with E-state index >= 15 is 0 Å². The molecule has 1 heterocycles. The van der Waals surface area contributed by atoms with Crippen molar-refractivity contribution >= 4 is 27.1 Å². The number of anilines is 2. The van der Waals surface area contributed by atoms with Gasteiger partial charge in [-0.25, -0.2) is 12.8 Å². The summed E-state index contributed by atoms with van der Waals surface area (Å²) in [6, 6.07) is 5.83. The van der Waals surface area contributed by atoms with Gasteiger partial charge in [-0.1, -0.05) is 25.0 Å². The molecule has 0 aromatic heterocycles. The molecule has 3 rings (SSSR count). The number of nitrogens with one attached hydrogen (secondary N) is 1. The molecule has 1 amide bonds. The predicted molar refractivity (Wildman–Crippen MR) is 126 cm³/mol. The van der Waals surface area contributed by atoms with E-state index in [1.165, 1.54) is 19.1 Å². The number of hydrogen-bond acceptors (Lipinski definition) is 5. The van der Waals surface area contributed by atoms with Crippen molar-refractivity contribution in [3.05, 3.63) is 52.8 Å². The van der Waals surface area contributed by atoms with E-state index in [1.54, 1.807) is 0 Å². The van der Waals surface area contributed by atoms with Crippen molar-refractivity contribution in [2.45, 2.75) is 56.1 Å². The minimum atomic E-state index is -4.49. The van der Waals surface area contributed by atoms with E-state index in [9.17, 15) is 30.8 Å². The van der Waals surface area contributed by atoms with Crippen molar-refractivity contribution in [1.29, 1.82) is 0 Å². The monoisotopic (exact) mass is 515 g/mol. The summed E-state index contributed by atoms with van der Waals surface area (Å²) >= 11 is 0. The highest BCUT2D eigenvalue weighted by molar-refractivity contribution is 7.90. The highest BCUT2D eigenvalue weighted by Gasteiger charge is 2.32. The van der Waals surface area contributed by atoms with Crippen molar-refractivity contribution in [2.75, 3.05) is 30.0 Å². The number of sulfone groups is 1. The average Bonchev–Trinajstić information content (AvgIpc) is 3.06. The molecule has 1 fully saturated rings. The molecule has 0 radical (unpaired) electrons. The highest BCUT2D eigenvalue weighted by atomic mass is 32.2. The Kier molecular flexibility index (Phi) is 7.98. The van der Waals surface area contributed by atoms with Crippen LogP contribution in [0.25, 0.3) is 0 Å². The van der Waals surface area contributed by atoms with Gasteiger partial charge in [0.15, 0.2) is 15.7 Å². The minimum Gasteiger partial charge on any atom is -0.396 e. The number of alkyl halides is 3. The molecule has 1 aliphatic rings. The van der Waals surface area contributed by atoms with Crippen LogP contribution in [0, 0.1) is 5.82 Å². The van der Waals surface area contributed by atoms with Crippen LogP contribution in [0.4, 0.5) is 28.9 Å². The summed E-state index contributed by atoms with van der Waals surface area (Å²) in [5.41, 5.74) is 5.68. The van der Waals surface area contributed by atoms with Gasteiger partial charge in [-0.3, -0.25) is 4.79 Å². The van der Waals surface area contributed by atoms with Gasteiger partial charge in [0.05, 0.1) is 17.2 Å². The van der Waals surface area contributed by atoms with E-state index in [0.29, 0.717) is 24.3 Å². The quantitative estimate of drug-likeness (QED) is 0.432. The molecule has 0 saturated carbocycles. The Hall–Kier alpha value is -2.82. The Morgan fingerprint density at radius 2 is 1.74 bits per heavy atom. The summed E-state index contributed by atoms with van der Waals surface area (Å²) in [5, 5.41) is 2.70. The van der Waals surface area contributed by atoms with E-state index in [4.69, 9.17) is 5.73 Å². The maximum Gasteiger partial charge on any atom is 0.416 e. The summed E-state index contributed by atoms with van der Waals surface area (Å²) in [7, 11) is -3.84. The number of nitrogen functional groups attached to an aromatic ring is 1. The molecule has 11 heteroatoms. The van der Waals surface area contributed by atoms with E-state index < -0.39 is 49.8 Å². The van der Waals surface area contributed by atoms with Gasteiger partial charge < -0.3 is 16.0 Å². The molecule has 192 valence electrons. The molecule has 1 unspecified atom stereocenters. The Balaban J connectivity index is 1.83. The van der Waals surface area contributed by atoms with Crippen LogP contribution in [0.2, 0.25) is 0 Å². The van der Waals surface area contributed by atoms with Crippen LogP contribution in [0.15, 0.2) is 35.2 Å². The largest absolute Gasteiger partial charge is 0.416 e. The normalized spacial score (nSPS) is 16.0. The standard InChI is InChI=1S/C24H29F4N3O3S/c1-15(18-9-10-20(35(2,33)34)21(25)22(18)29)23(32)30-14-16-7-8-17(24(26,27)28)13-19(16)31-11-5-3-4-6-12-31/h7-10,13,15H,3-6,11-12,14,29H2,1-2H3,(H,30,32). The average molecular weight is 516 g/mol. The van der Waals surface area contributed by atoms with Gasteiger partial charge in [0.2, 0.25) is 5.91 Å². The van der Waals surface area contributed by atoms with Crippen LogP contribution in [-0.2, 0) is 27.4 Å². The molecule has 0 bridgehead atoms. The molecule has 1 saturated heterocycles. The molecule has 6 nitrogen and oxygen atoms in total. The molecule has 0 spiro atoms. The zero-order valence-electron chi connectivity index (χ0n) is 19.6. The molecule has 3 N–H and O–H groups in total. The predicted octanol–water partition coefficient (Wildman–Crippen LogP) is 4.63. The molecular formula is C24H29F4N3O3S. The second-order valence-corrected chi connectivity index (χ2v) is 10.8. The van der Waals surface area contributed by atoms with Crippen LogP contribution in [-0.4, -0.2) is 33.7 Å². The van der Waals surface area contributed by atoms with Crippen molar-refractivity contribution in [3.8, 4) is 0 Å². The lowest BCUT2D eigenvalue weighted by Crippen LogP contribution is -2.30. The van der Waals surface area contributed by atoms with Crippen LogP contribution >= 0.6 is 0 Å². The number of carbonyl (C=O) groups is 1. The van der Waals surface area contributed by atoms with E-state index in [0.717, 1.165) is 50.1 Å². The Morgan fingerprint density at radius 3 is 2.31 bits per heavy atom. The number of hydrogen-bond donors (Lipinski definition) is 2. The summed E-state index contributed by atoms with van der Waals surface area (Å²) < 4.78 is 78.0. The molecule has 1 atom stereocenters.